The van der Waals surface area contributed by atoms with Gasteiger partial charge >= 0.3 is 0 Å². The number of nitrogens with zero attached hydrogens (tertiary/aromatic N) is 1. The van der Waals surface area contributed by atoms with Gasteiger partial charge in [-0.3, -0.25) is 4.79 Å². The van der Waals surface area contributed by atoms with Gasteiger partial charge in [0.1, 0.15) is 0 Å². The van der Waals surface area contributed by atoms with Gasteiger partial charge in [-0.15, -0.1) is 0 Å². The van der Waals surface area contributed by atoms with Crippen molar-refractivity contribution in [3.63, 3.8) is 0 Å². The lowest BCUT2D eigenvalue weighted by molar-refractivity contribution is -0.129. The van der Waals surface area contributed by atoms with Gasteiger partial charge in [-0.1, -0.05) is 30.7 Å². The number of benzene rings is 1. The molecule has 1 amide bonds. The third kappa shape index (κ3) is 3.01. The van der Waals surface area contributed by atoms with Crippen LogP contribution in [-0.2, 0) is 11.2 Å². The Kier molecular flexibility index (Phi) is 4.06. The molecule has 0 spiro atoms. The number of hydrogen-bond acceptors (Lipinski definition) is 1. The molecule has 1 fully saturated rings. The first-order chi connectivity index (χ1) is 8.20. The van der Waals surface area contributed by atoms with Crippen LogP contribution in [0.25, 0.3) is 0 Å². The third-order valence-corrected chi connectivity index (χ3v) is 3.66. The summed E-state index contributed by atoms with van der Waals surface area (Å²) in [4.78, 5) is 13.8. The summed E-state index contributed by atoms with van der Waals surface area (Å²) in [7, 11) is 0. The largest absolute Gasteiger partial charge is 0.339 e. The molecule has 0 radical (unpaired) electrons. The van der Waals surface area contributed by atoms with Crippen molar-refractivity contribution in [2.24, 2.45) is 0 Å². The van der Waals surface area contributed by atoms with Crippen LogP contribution < -0.4 is 0 Å². The van der Waals surface area contributed by atoms with Crippen LogP contribution in [-0.4, -0.2) is 23.4 Å². The van der Waals surface area contributed by atoms with Crippen LogP contribution in [0.2, 0.25) is 5.02 Å². The minimum Gasteiger partial charge on any atom is -0.339 e. The fraction of sp³-hybridized carbons (Fsp3) is 0.500. The minimum absolute atomic E-state index is 0.311. The van der Waals surface area contributed by atoms with E-state index in [2.05, 4.69) is 6.92 Å². The first kappa shape index (κ1) is 12.4. The van der Waals surface area contributed by atoms with Gasteiger partial charge in [0.2, 0.25) is 5.91 Å². The number of carbonyl (C=O) groups excluding carboxylic acids is 1. The Morgan fingerprint density at radius 2 is 2.06 bits per heavy atom. The van der Waals surface area contributed by atoms with Crippen LogP contribution in [0.15, 0.2) is 24.3 Å². The average Bonchev–Trinajstić information content (AvgIpc) is 2.75. The smallest absolute Gasteiger partial charge is 0.222 e. The SMILES string of the molecule is CCC(Cc1ccc(Cl)cc1)N1CCCC1=O. The molecule has 1 atom stereocenters. The molecule has 1 unspecified atom stereocenters. The third-order valence-electron chi connectivity index (χ3n) is 3.41. The van der Waals surface area contributed by atoms with Crippen LogP contribution in [0.1, 0.15) is 31.7 Å². The Balaban J connectivity index is 2.04. The Morgan fingerprint density at radius 3 is 2.59 bits per heavy atom. The van der Waals surface area contributed by atoms with Gasteiger partial charge in [-0.2, -0.15) is 0 Å². The highest BCUT2D eigenvalue weighted by Crippen LogP contribution is 2.20. The maximum Gasteiger partial charge on any atom is 0.222 e. The fourth-order valence-corrected chi connectivity index (χ4v) is 2.55. The highest BCUT2D eigenvalue weighted by Gasteiger charge is 2.26. The molecule has 0 bridgehead atoms. The molecule has 0 saturated carbocycles. The Hall–Kier alpha value is -1.02. The number of halogens is 1. The van der Waals surface area contributed by atoms with E-state index in [0.717, 1.165) is 37.3 Å². The fourth-order valence-electron chi connectivity index (χ4n) is 2.42. The minimum atomic E-state index is 0.311. The van der Waals surface area contributed by atoms with Crippen molar-refractivity contribution in [3.05, 3.63) is 34.9 Å². The van der Waals surface area contributed by atoms with Crippen molar-refractivity contribution in [2.45, 2.75) is 38.6 Å². The number of likely N-dealkylation sites (tertiary alicyclic amines) is 1. The van der Waals surface area contributed by atoms with Crippen LogP contribution in [0.5, 0.6) is 0 Å². The van der Waals surface area contributed by atoms with E-state index in [0.29, 0.717) is 11.9 Å². The quantitative estimate of drug-likeness (QED) is 0.804. The van der Waals surface area contributed by atoms with E-state index in [1.165, 1.54) is 5.56 Å². The van der Waals surface area contributed by atoms with Gasteiger partial charge in [-0.05, 0) is 37.0 Å². The van der Waals surface area contributed by atoms with Crippen LogP contribution in [0.4, 0.5) is 0 Å². The standard InChI is InChI=1S/C14H18ClNO/c1-2-13(16-9-3-4-14(16)17)10-11-5-7-12(15)8-6-11/h5-8,13H,2-4,9-10H2,1H3. The molecule has 0 N–H and O–H groups in total. The average molecular weight is 252 g/mol. The van der Waals surface area contributed by atoms with Crippen molar-refractivity contribution < 1.29 is 4.79 Å². The first-order valence-corrected chi connectivity index (χ1v) is 6.62. The van der Waals surface area contributed by atoms with E-state index >= 15 is 0 Å². The predicted molar refractivity (Wildman–Crippen MR) is 70.2 cm³/mol. The van der Waals surface area contributed by atoms with E-state index in [9.17, 15) is 4.79 Å². The second kappa shape index (κ2) is 5.54. The summed E-state index contributed by atoms with van der Waals surface area (Å²) in [5.74, 6) is 0.311. The van der Waals surface area contributed by atoms with Crippen molar-refractivity contribution in [1.82, 2.24) is 4.90 Å². The molecule has 2 rings (SSSR count). The molecular formula is C14H18ClNO. The molecule has 1 aromatic rings. The van der Waals surface area contributed by atoms with E-state index in [-0.39, 0.29) is 0 Å². The van der Waals surface area contributed by atoms with E-state index in [4.69, 9.17) is 11.6 Å². The summed E-state index contributed by atoms with van der Waals surface area (Å²) in [5, 5.41) is 0.763. The Bertz CT molecular complexity index is 388. The zero-order valence-corrected chi connectivity index (χ0v) is 10.9. The zero-order chi connectivity index (χ0) is 12.3. The molecule has 2 nitrogen and oxygen atoms in total. The van der Waals surface area contributed by atoms with Gasteiger partial charge < -0.3 is 4.90 Å². The lowest BCUT2D eigenvalue weighted by Gasteiger charge is -2.27. The summed E-state index contributed by atoms with van der Waals surface area (Å²) >= 11 is 5.87. The molecular weight excluding hydrogens is 234 g/mol. The van der Waals surface area contributed by atoms with Gasteiger partial charge in [0.15, 0.2) is 0 Å². The molecule has 92 valence electrons. The van der Waals surface area contributed by atoms with Gasteiger partial charge in [-0.25, -0.2) is 0 Å². The highest BCUT2D eigenvalue weighted by atomic mass is 35.5. The summed E-state index contributed by atoms with van der Waals surface area (Å²) in [5.41, 5.74) is 1.25. The van der Waals surface area contributed by atoms with Gasteiger partial charge in [0.05, 0.1) is 0 Å². The maximum atomic E-state index is 11.7. The van der Waals surface area contributed by atoms with E-state index in [1.54, 1.807) is 0 Å². The predicted octanol–water partition coefficient (Wildman–Crippen LogP) is 3.28. The van der Waals surface area contributed by atoms with Gasteiger partial charge in [0.25, 0.3) is 0 Å². The summed E-state index contributed by atoms with van der Waals surface area (Å²) in [6.07, 6.45) is 3.67. The summed E-state index contributed by atoms with van der Waals surface area (Å²) in [6.45, 7) is 3.07. The molecule has 1 heterocycles. The van der Waals surface area contributed by atoms with Crippen LogP contribution >= 0.6 is 11.6 Å². The van der Waals surface area contributed by atoms with Gasteiger partial charge in [0, 0.05) is 24.0 Å². The number of carbonyl (C=O) groups is 1. The number of amides is 1. The van der Waals surface area contributed by atoms with Crippen molar-refractivity contribution in [3.8, 4) is 0 Å². The van der Waals surface area contributed by atoms with Crippen LogP contribution in [0.3, 0.4) is 0 Å². The van der Waals surface area contributed by atoms with Crippen molar-refractivity contribution >= 4 is 17.5 Å². The number of rotatable bonds is 4. The summed E-state index contributed by atoms with van der Waals surface area (Å²) in [6, 6.07) is 8.26. The molecule has 1 saturated heterocycles. The molecule has 1 aliphatic rings. The maximum absolute atomic E-state index is 11.7. The van der Waals surface area contributed by atoms with Crippen LogP contribution in [0, 0.1) is 0 Å². The van der Waals surface area contributed by atoms with Crippen molar-refractivity contribution in [1.29, 1.82) is 0 Å². The first-order valence-electron chi connectivity index (χ1n) is 6.24. The lowest BCUT2D eigenvalue weighted by Crippen LogP contribution is -2.37. The lowest BCUT2D eigenvalue weighted by atomic mass is 10.0. The molecule has 1 aromatic carbocycles. The Morgan fingerprint density at radius 1 is 1.35 bits per heavy atom. The molecule has 17 heavy (non-hydrogen) atoms. The zero-order valence-electron chi connectivity index (χ0n) is 10.2. The molecule has 3 heteroatoms. The Labute approximate surface area is 108 Å². The summed E-state index contributed by atoms with van der Waals surface area (Å²) < 4.78 is 0. The normalized spacial score (nSPS) is 17.5. The highest BCUT2D eigenvalue weighted by molar-refractivity contribution is 6.30. The second-order valence-corrected chi connectivity index (χ2v) is 5.02. The van der Waals surface area contributed by atoms with E-state index in [1.807, 2.05) is 29.2 Å². The molecule has 0 aromatic heterocycles. The number of hydrogen-bond donors (Lipinski definition) is 0. The second-order valence-electron chi connectivity index (χ2n) is 4.58. The van der Waals surface area contributed by atoms with Crippen molar-refractivity contribution in [2.75, 3.05) is 6.54 Å². The van der Waals surface area contributed by atoms with E-state index < -0.39 is 0 Å². The topological polar surface area (TPSA) is 20.3 Å². The molecule has 1 aliphatic heterocycles. The monoisotopic (exact) mass is 251 g/mol. The molecule has 0 aliphatic carbocycles.